The fourth-order valence-electron chi connectivity index (χ4n) is 1.15. The smallest absolute Gasteiger partial charge is 0.323 e. The highest BCUT2D eigenvalue weighted by Crippen LogP contribution is 2.32. The molecular formula is C10H9Br2NO3S. The molecule has 1 aromatic rings. The normalized spacial score (nSPS) is 10.0. The third-order valence-corrected chi connectivity index (χ3v) is 5.06. The topological polar surface area (TPSA) is 57.6 Å². The van der Waals surface area contributed by atoms with Crippen LogP contribution in [0, 0.1) is 0 Å². The SMILES string of the molecule is C=CCN(CC(=O)O)C(=O)c1cc(Br)c(Br)s1. The maximum absolute atomic E-state index is 12.0. The van der Waals surface area contributed by atoms with Gasteiger partial charge in [-0.3, -0.25) is 9.59 Å². The molecule has 0 atom stereocenters. The van der Waals surface area contributed by atoms with E-state index in [1.807, 2.05) is 0 Å². The largest absolute Gasteiger partial charge is 0.480 e. The molecule has 1 amide bonds. The van der Waals surface area contributed by atoms with Crippen molar-refractivity contribution in [2.24, 2.45) is 0 Å². The number of carbonyl (C=O) groups excluding carboxylic acids is 1. The Kier molecular flexibility index (Phi) is 5.35. The van der Waals surface area contributed by atoms with Crippen molar-refractivity contribution in [3.8, 4) is 0 Å². The minimum Gasteiger partial charge on any atom is -0.480 e. The Morgan fingerprint density at radius 2 is 2.18 bits per heavy atom. The molecule has 1 N–H and O–H groups in total. The predicted molar refractivity (Wildman–Crippen MR) is 73.5 cm³/mol. The maximum Gasteiger partial charge on any atom is 0.323 e. The number of rotatable bonds is 5. The summed E-state index contributed by atoms with van der Waals surface area (Å²) < 4.78 is 1.58. The van der Waals surface area contributed by atoms with Crippen LogP contribution in [0.25, 0.3) is 0 Å². The van der Waals surface area contributed by atoms with Gasteiger partial charge in [-0.15, -0.1) is 17.9 Å². The third-order valence-electron chi connectivity index (χ3n) is 1.82. The molecule has 0 aliphatic rings. The zero-order valence-electron chi connectivity index (χ0n) is 8.65. The second-order valence-electron chi connectivity index (χ2n) is 3.10. The molecule has 92 valence electrons. The summed E-state index contributed by atoms with van der Waals surface area (Å²) in [4.78, 5) is 24.4. The summed E-state index contributed by atoms with van der Waals surface area (Å²) in [5.74, 6) is -1.36. The van der Waals surface area contributed by atoms with Crippen molar-refractivity contribution in [1.29, 1.82) is 0 Å². The summed E-state index contributed by atoms with van der Waals surface area (Å²) in [5, 5.41) is 8.72. The first kappa shape index (κ1) is 14.4. The second-order valence-corrected chi connectivity index (χ2v) is 6.32. The van der Waals surface area contributed by atoms with Crippen molar-refractivity contribution in [2.75, 3.05) is 13.1 Å². The van der Waals surface area contributed by atoms with Gasteiger partial charge in [0.1, 0.15) is 6.54 Å². The molecule has 0 saturated heterocycles. The zero-order valence-corrected chi connectivity index (χ0v) is 12.6. The molecule has 0 fully saturated rings. The van der Waals surface area contributed by atoms with E-state index in [1.165, 1.54) is 22.3 Å². The van der Waals surface area contributed by atoms with Crippen molar-refractivity contribution >= 4 is 55.1 Å². The molecule has 1 aromatic heterocycles. The fourth-order valence-corrected chi connectivity index (χ4v) is 3.15. The van der Waals surface area contributed by atoms with Gasteiger partial charge in [0.05, 0.1) is 8.66 Å². The van der Waals surface area contributed by atoms with Crippen LogP contribution in [0.2, 0.25) is 0 Å². The van der Waals surface area contributed by atoms with Crippen molar-refractivity contribution in [3.63, 3.8) is 0 Å². The number of halogens is 2. The van der Waals surface area contributed by atoms with E-state index in [4.69, 9.17) is 5.11 Å². The maximum atomic E-state index is 12.0. The van der Waals surface area contributed by atoms with Crippen molar-refractivity contribution < 1.29 is 14.7 Å². The molecule has 0 aliphatic carbocycles. The molecule has 0 bridgehead atoms. The van der Waals surface area contributed by atoms with Crippen LogP contribution < -0.4 is 0 Å². The molecule has 0 radical (unpaired) electrons. The zero-order chi connectivity index (χ0) is 13.0. The summed E-state index contributed by atoms with van der Waals surface area (Å²) in [5.41, 5.74) is 0. The van der Waals surface area contributed by atoms with Gasteiger partial charge < -0.3 is 10.0 Å². The number of aliphatic carboxylic acids is 1. The average Bonchev–Trinajstić information content (AvgIpc) is 2.57. The van der Waals surface area contributed by atoms with E-state index in [-0.39, 0.29) is 19.0 Å². The molecule has 0 saturated carbocycles. The summed E-state index contributed by atoms with van der Waals surface area (Å²) in [6, 6.07) is 1.66. The molecule has 1 heterocycles. The van der Waals surface area contributed by atoms with E-state index >= 15 is 0 Å². The van der Waals surface area contributed by atoms with Crippen LogP contribution in [0.1, 0.15) is 9.67 Å². The van der Waals surface area contributed by atoms with Crippen LogP contribution in [0.15, 0.2) is 27.0 Å². The van der Waals surface area contributed by atoms with E-state index in [2.05, 4.69) is 38.4 Å². The van der Waals surface area contributed by atoms with Gasteiger partial charge in [-0.1, -0.05) is 6.08 Å². The number of hydrogen-bond donors (Lipinski definition) is 1. The number of carboxylic acid groups (broad SMARTS) is 1. The first-order valence-electron chi connectivity index (χ1n) is 4.52. The molecule has 4 nitrogen and oxygen atoms in total. The summed E-state index contributed by atoms with van der Waals surface area (Å²) in [6.45, 7) is 3.38. The minimum atomic E-state index is -1.05. The summed E-state index contributed by atoms with van der Waals surface area (Å²) in [6.07, 6.45) is 1.50. The van der Waals surface area contributed by atoms with E-state index in [9.17, 15) is 9.59 Å². The van der Waals surface area contributed by atoms with Gasteiger partial charge >= 0.3 is 5.97 Å². The fraction of sp³-hybridized carbons (Fsp3) is 0.200. The van der Waals surface area contributed by atoms with Crippen LogP contribution in [0.4, 0.5) is 0 Å². The van der Waals surface area contributed by atoms with E-state index in [0.717, 1.165) is 8.26 Å². The quantitative estimate of drug-likeness (QED) is 0.796. The highest BCUT2D eigenvalue weighted by Gasteiger charge is 2.20. The predicted octanol–water partition coefficient (Wildman–Crippen LogP) is 2.99. The second kappa shape index (κ2) is 6.32. The summed E-state index contributed by atoms with van der Waals surface area (Å²) in [7, 11) is 0. The molecule has 0 unspecified atom stereocenters. The standard InChI is InChI=1S/C10H9Br2NO3S/c1-2-3-13(5-8(14)15)10(16)7-4-6(11)9(12)17-7/h2,4H,1,3,5H2,(H,14,15). The number of carboxylic acids is 1. The first-order chi connectivity index (χ1) is 7.95. The Bertz CT molecular complexity index is 439. The Morgan fingerprint density at radius 1 is 1.53 bits per heavy atom. The van der Waals surface area contributed by atoms with Crippen molar-refractivity contribution in [2.45, 2.75) is 0 Å². The van der Waals surface area contributed by atoms with Gasteiger partial charge in [0.2, 0.25) is 0 Å². The van der Waals surface area contributed by atoms with Gasteiger partial charge in [-0.25, -0.2) is 0 Å². The Balaban J connectivity index is 2.90. The molecular weight excluding hydrogens is 374 g/mol. The number of amides is 1. The lowest BCUT2D eigenvalue weighted by atomic mass is 10.3. The van der Waals surface area contributed by atoms with Gasteiger partial charge in [0.25, 0.3) is 5.91 Å². The molecule has 0 aromatic carbocycles. The lowest BCUT2D eigenvalue weighted by molar-refractivity contribution is -0.137. The van der Waals surface area contributed by atoms with Gasteiger partial charge in [0, 0.05) is 11.0 Å². The van der Waals surface area contributed by atoms with E-state index in [1.54, 1.807) is 6.07 Å². The Morgan fingerprint density at radius 3 is 2.59 bits per heavy atom. The van der Waals surface area contributed by atoms with Crippen molar-refractivity contribution in [1.82, 2.24) is 4.90 Å². The van der Waals surface area contributed by atoms with Gasteiger partial charge in [-0.05, 0) is 37.9 Å². The van der Waals surface area contributed by atoms with E-state index < -0.39 is 5.97 Å². The third kappa shape index (κ3) is 3.93. The van der Waals surface area contributed by atoms with Crippen LogP contribution in [0.3, 0.4) is 0 Å². The Hall–Kier alpha value is -0.660. The molecule has 7 heteroatoms. The van der Waals surface area contributed by atoms with Crippen LogP contribution in [-0.4, -0.2) is 35.0 Å². The first-order valence-corrected chi connectivity index (χ1v) is 6.92. The minimum absolute atomic E-state index is 0.207. The van der Waals surface area contributed by atoms with Crippen molar-refractivity contribution in [3.05, 3.63) is 31.9 Å². The molecule has 0 spiro atoms. The highest BCUT2D eigenvalue weighted by molar-refractivity contribution is 9.13. The lowest BCUT2D eigenvalue weighted by Gasteiger charge is -2.17. The number of thiophene rings is 1. The number of nitrogens with zero attached hydrogens (tertiary/aromatic N) is 1. The monoisotopic (exact) mass is 381 g/mol. The highest BCUT2D eigenvalue weighted by atomic mass is 79.9. The van der Waals surface area contributed by atoms with Crippen LogP contribution in [0.5, 0.6) is 0 Å². The lowest BCUT2D eigenvalue weighted by Crippen LogP contribution is -2.35. The van der Waals surface area contributed by atoms with E-state index in [0.29, 0.717) is 4.88 Å². The molecule has 17 heavy (non-hydrogen) atoms. The number of carbonyl (C=O) groups is 2. The van der Waals surface area contributed by atoms with Crippen LogP contribution in [-0.2, 0) is 4.79 Å². The Labute approximate surface area is 119 Å². The van der Waals surface area contributed by atoms with Crippen LogP contribution >= 0.6 is 43.2 Å². The molecule has 0 aliphatic heterocycles. The summed E-state index contributed by atoms with van der Waals surface area (Å²) >= 11 is 7.82. The number of hydrogen-bond acceptors (Lipinski definition) is 3. The average molecular weight is 383 g/mol. The van der Waals surface area contributed by atoms with Gasteiger partial charge in [0.15, 0.2) is 0 Å². The van der Waals surface area contributed by atoms with Gasteiger partial charge in [-0.2, -0.15) is 0 Å². The molecule has 1 rings (SSSR count).